The highest BCUT2D eigenvalue weighted by molar-refractivity contribution is 5.82. The number of nitrogens with one attached hydrogen (secondary N) is 2. The molecule has 1 fully saturated rings. The molecule has 0 unspecified atom stereocenters. The van der Waals surface area contributed by atoms with Gasteiger partial charge in [0, 0.05) is 6.04 Å². The van der Waals surface area contributed by atoms with Crippen LogP contribution in [0.4, 0.5) is 10.2 Å². The molecule has 34 heavy (non-hydrogen) atoms. The zero-order valence-corrected chi connectivity index (χ0v) is 18.6. The van der Waals surface area contributed by atoms with Crippen LogP contribution in [0, 0.1) is 5.82 Å². The van der Waals surface area contributed by atoms with Crippen molar-refractivity contribution < 1.29 is 9.13 Å². The monoisotopic (exact) mass is 457 g/mol. The number of imidazole rings is 2. The molecule has 0 amide bonds. The molecule has 1 aliphatic carbocycles. The van der Waals surface area contributed by atoms with Crippen molar-refractivity contribution in [1.82, 2.24) is 29.5 Å². The van der Waals surface area contributed by atoms with Crippen molar-refractivity contribution >= 4 is 28.0 Å². The molecule has 0 saturated heterocycles. The molecule has 1 atom stereocenters. The normalized spacial score (nSPS) is 18.8. The number of anilines is 1. The molecule has 3 heterocycles. The lowest BCUT2D eigenvalue weighted by Crippen LogP contribution is -2.34. The Morgan fingerprint density at radius 3 is 2.85 bits per heavy atom. The van der Waals surface area contributed by atoms with E-state index in [4.69, 9.17) is 9.72 Å². The molecule has 9 heteroatoms. The molecule has 5 aromatic rings. The van der Waals surface area contributed by atoms with Gasteiger partial charge in [-0.1, -0.05) is 30.3 Å². The molecular formula is C25H24FN7O. The van der Waals surface area contributed by atoms with E-state index in [0.717, 1.165) is 35.3 Å². The molecule has 2 aromatic carbocycles. The smallest absolute Gasteiger partial charge is 0.162 e. The van der Waals surface area contributed by atoms with Crippen molar-refractivity contribution in [3.63, 3.8) is 0 Å². The second-order valence-electron chi connectivity index (χ2n) is 8.70. The SMILES string of the molecule is C[C@H](Nc1ncnc2[nH]cnc12)c1nc2ccc(F)cc2n1[C@H]1C[C@H](OCc2ccccc2)C1. The van der Waals surface area contributed by atoms with E-state index in [1.54, 1.807) is 18.5 Å². The number of rotatable bonds is 7. The summed E-state index contributed by atoms with van der Waals surface area (Å²) in [5.74, 6) is 1.18. The molecular weight excluding hydrogens is 433 g/mol. The minimum absolute atomic E-state index is 0.165. The van der Waals surface area contributed by atoms with Crippen molar-refractivity contribution in [2.45, 2.75) is 44.6 Å². The Bertz CT molecular complexity index is 1440. The maximum absolute atomic E-state index is 14.2. The number of halogens is 1. The van der Waals surface area contributed by atoms with Crippen LogP contribution in [0.25, 0.3) is 22.2 Å². The third-order valence-electron chi connectivity index (χ3n) is 6.40. The minimum atomic E-state index is -0.272. The van der Waals surface area contributed by atoms with E-state index in [1.165, 1.54) is 12.4 Å². The molecule has 0 radical (unpaired) electrons. The number of ether oxygens (including phenoxy) is 1. The Hall–Kier alpha value is -3.85. The van der Waals surface area contributed by atoms with E-state index in [0.29, 0.717) is 23.6 Å². The third kappa shape index (κ3) is 3.77. The lowest BCUT2D eigenvalue weighted by atomic mass is 9.88. The Kier molecular flexibility index (Phi) is 5.18. The Morgan fingerprint density at radius 2 is 2.00 bits per heavy atom. The highest BCUT2D eigenvalue weighted by atomic mass is 19.1. The molecule has 2 N–H and O–H groups in total. The number of hydrogen-bond donors (Lipinski definition) is 2. The van der Waals surface area contributed by atoms with Gasteiger partial charge in [-0.15, -0.1) is 0 Å². The zero-order valence-electron chi connectivity index (χ0n) is 18.6. The fourth-order valence-electron chi connectivity index (χ4n) is 4.59. The number of benzene rings is 2. The molecule has 0 spiro atoms. The summed E-state index contributed by atoms with van der Waals surface area (Å²) < 4.78 is 22.4. The largest absolute Gasteiger partial charge is 0.373 e. The van der Waals surface area contributed by atoms with Gasteiger partial charge >= 0.3 is 0 Å². The van der Waals surface area contributed by atoms with Gasteiger partial charge < -0.3 is 19.6 Å². The lowest BCUT2D eigenvalue weighted by molar-refractivity contribution is -0.0354. The van der Waals surface area contributed by atoms with Crippen LogP contribution in [0.5, 0.6) is 0 Å². The van der Waals surface area contributed by atoms with Crippen molar-refractivity contribution in [1.29, 1.82) is 0 Å². The predicted molar refractivity (Wildman–Crippen MR) is 127 cm³/mol. The Balaban J connectivity index is 1.26. The number of aromatic amines is 1. The van der Waals surface area contributed by atoms with E-state index >= 15 is 0 Å². The van der Waals surface area contributed by atoms with Crippen LogP contribution in [0.1, 0.15) is 43.2 Å². The first kappa shape index (κ1) is 20.7. The second-order valence-corrected chi connectivity index (χ2v) is 8.70. The Morgan fingerprint density at radius 1 is 1.15 bits per heavy atom. The number of H-pyrrole nitrogens is 1. The molecule has 8 nitrogen and oxygen atoms in total. The minimum Gasteiger partial charge on any atom is -0.373 e. The summed E-state index contributed by atoms with van der Waals surface area (Å²) in [5.41, 5.74) is 4.06. The van der Waals surface area contributed by atoms with Crippen LogP contribution < -0.4 is 5.32 Å². The predicted octanol–water partition coefficient (Wildman–Crippen LogP) is 4.94. The number of aromatic nitrogens is 6. The van der Waals surface area contributed by atoms with Gasteiger partial charge in [-0.2, -0.15) is 0 Å². The topological polar surface area (TPSA) is 93.5 Å². The van der Waals surface area contributed by atoms with Gasteiger partial charge in [-0.25, -0.2) is 24.3 Å². The highest BCUT2D eigenvalue weighted by Crippen LogP contribution is 2.40. The van der Waals surface area contributed by atoms with Crippen LogP contribution in [-0.4, -0.2) is 35.6 Å². The molecule has 1 saturated carbocycles. The van der Waals surface area contributed by atoms with Gasteiger partial charge in [-0.3, -0.25) is 0 Å². The first-order chi connectivity index (χ1) is 16.7. The van der Waals surface area contributed by atoms with Crippen LogP contribution in [0.2, 0.25) is 0 Å². The third-order valence-corrected chi connectivity index (χ3v) is 6.40. The molecule has 0 aliphatic heterocycles. The van der Waals surface area contributed by atoms with Crippen molar-refractivity contribution in [2.75, 3.05) is 5.32 Å². The van der Waals surface area contributed by atoms with E-state index in [1.807, 2.05) is 25.1 Å². The fraction of sp³-hybridized carbons (Fsp3) is 0.280. The molecule has 3 aromatic heterocycles. The number of hydrogen-bond acceptors (Lipinski definition) is 6. The van der Waals surface area contributed by atoms with E-state index in [2.05, 4.69) is 42.0 Å². The molecule has 172 valence electrons. The second kappa shape index (κ2) is 8.49. The molecule has 0 bridgehead atoms. The summed E-state index contributed by atoms with van der Waals surface area (Å²) in [7, 11) is 0. The Labute approximate surface area is 195 Å². The first-order valence-corrected chi connectivity index (χ1v) is 11.4. The van der Waals surface area contributed by atoms with Crippen molar-refractivity contribution in [3.8, 4) is 0 Å². The van der Waals surface area contributed by atoms with Crippen LogP contribution in [0.15, 0.2) is 61.2 Å². The maximum Gasteiger partial charge on any atom is 0.162 e. The standard InChI is InChI=1S/C25H24FN7O/c1-15(31-24-22-23(28-13-27-22)29-14-30-24)25-32-20-8-7-17(26)9-21(20)33(25)18-10-19(11-18)34-12-16-5-3-2-4-6-16/h2-9,13-15,18-19H,10-12H2,1H3,(H2,27,28,29,30,31)/t15-,18-,19-/m0/s1. The average molecular weight is 458 g/mol. The quantitative estimate of drug-likeness (QED) is 0.360. The first-order valence-electron chi connectivity index (χ1n) is 11.4. The summed E-state index contributed by atoms with van der Waals surface area (Å²) in [5, 5.41) is 3.42. The average Bonchev–Trinajstić information content (AvgIpc) is 3.44. The summed E-state index contributed by atoms with van der Waals surface area (Å²) in [6.45, 7) is 2.62. The van der Waals surface area contributed by atoms with E-state index in [-0.39, 0.29) is 24.0 Å². The van der Waals surface area contributed by atoms with Crippen LogP contribution >= 0.6 is 0 Å². The molecule has 6 rings (SSSR count). The summed E-state index contributed by atoms with van der Waals surface area (Å²) >= 11 is 0. The fourth-order valence-corrected chi connectivity index (χ4v) is 4.59. The van der Waals surface area contributed by atoms with Gasteiger partial charge in [-0.05, 0) is 43.5 Å². The zero-order chi connectivity index (χ0) is 23.1. The molecule has 1 aliphatic rings. The van der Waals surface area contributed by atoms with Crippen molar-refractivity contribution in [2.24, 2.45) is 0 Å². The summed E-state index contributed by atoms with van der Waals surface area (Å²) in [6.07, 6.45) is 4.96. The van der Waals surface area contributed by atoms with Gasteiger partial charge in [0.05, 0.1) is 36.1 Å². The van der Waals surface area contributed by atoms with Crippen LogP contribution in [-0.2, 0) is 11.3 Å². The van der Waals surface area contributed by atoms with Crippen LogP contribution in [0.3, 0.4) is 0 Å². The lowest BCUT2D eigenvalue weighted by Gasteiger charge is -2.37. The van der Waals surface area contributed by atoms with Gasteiger partial charge in [0.25, 0.3) is 0 Å². The number of fused-ring (bicyclic) bond motifs is 2. The number of nitrogens with zero attached hydrogens (tertiary/aromatic N) is 5. The summed E-state index contributed by atoms with van der Waals surface area (Å²) in [6, 6.07) is 14.9. The van der Waals surface area contributed by atoms with Crippen molar-refractivity contribution in [3.05, 3.63) is 78.4 Å². The van der Waals surface area contributed by atoms with E-state index < -0.39 is 0 Å². The van der Waals surface area contributed by atoms with Gasteiger partial charge in [0.1, 0.15) is 23.5 Å². The van der Waals surface area contributed by atoms with E-state index in [9.17, 15) is 4.39 Å². The summed E-state index contributed by atoms with van der Waals surface area (Å²) in [4.78, 5) is 20.7. The van der Waals surface area contributed by atoms with Gasteiger partial charge in [0.15, 0.2) is 11.5 Å². The highest BCUT2D eigenvalue weighted by Gasteiger charge is 2.35. The van der Waals surface area contributed by atoms with Gasteiger partial charge in [0.2, 0.25) is 0 Å². The maximum atomic E-state index is 14.2.